The minimum Gasteiger partial charge on any atom is -0.490 e. The molecule has 2 rings (SSSR count). The van der Waals surface area contributed by atoms with Gasteiger partial charge in [0.25, 0.3) is 5.91 Å². The Labute approximate surface area is 117 Å². The molecule has 20 heavy (non-hydrogen) atoms. The van der Waals surface area contributed by atoms with Gasteiger partial charge in [0, 0.05) is 5.69 Å². The summed E-state index contributed by atoms with van der Waals surface area (Å²) in [6.45, 7) is 2.43. The van der Waals surface area contributed by atoms with Crippen molar-refractivity contribution in [2.75, 3.05) is 12.3 Å². The second kappa shape index (κ2) is 5.97. The summed E-state index contributed by atoms with van der Waals surface area (Å²) in [4.78, 5) is 11.3. The van der Waals surface area contributed by atoms with Gasteiger partial charge in [0.15, 0.2) is 11.5 Å². The molecule has 2 aromatic rings. The molecular formula is C15H16N2O3. The lowest BCUT2D eigenvalue weighted by Crippen LogP contribution is -2.13. The topological polar surface area (TPSA) is 87.6 Å². The van der Waals surface area contributed by atoms with Crippen molar-refractivity contribution in [1.29, 1.82) is 0 Å². The predicted octanol–water partition coefficient (Wildman–Crippen LogP) is 2.56. The molecule has 0 radical (unpaired) electrons. The van der Waals surface area contributed by atoms with Gasteiger partial charge in [0.05, 0.1) is 12.2 Å². The fraction of sp³-hybridized carbons (Fsp3) is 0.133. The van der Waals surface area contributed by atoms with Crippen molar-refractivity contribution < 1.29 is 14.3 Å². The van der Waals surface area contributed by atoms with Gasteiger partial charge in [-0.1, -0.05) is 12.1 Å². The third-order valence-electron chi connectivity index (χ3n) is 2.67. The molecule has 5 heteroatoms. The molecule has 0 aliphatic heterocycles. The molecule has 0 saturated carbocycles. The highest BCUT2D eigenvalue weighted by atomic mass is 16.5. The van der Waals surface area contributed by atoms with Gasteiger partial charge in [-0.25, -0.2) is 0 Å². The zero-order chi connectivity index (χ0) is 14.5. The van der Waals surface area contributed by atoms with Gasteiger partial charge >= 0.3 is 0 Å². The number of hydrogen-bond donors (Lipinski definition) is 2. The van der Waals surface area contributed by atoms with E-state index < -0.39 is 5.91 Å². The van der Waals surface area contributed by atoms with E-state index >= 15 is 0 Å². The highest BCUT2D eigenvalue weighted by molar-refractivity contribution is 5.98. The molecule has 2 aromatic carbocycles. The van der Waals surface area contributed by atoms with E-state index in [0.29, 0.717) is 29.5 Å². The Kier molecular flexibility index (Phi) is 4.10. The molecule has 0 spiro atoms. The van der Waals surface area contributed by atoms with E-state index in [-0.39, 0.29) is 5.56 Å². The number of carbonyl (C=O) groups excluding carboxylic acids is 1. The molecule has 0 aliphatic carbocycles. The van der Waals surface area contributed by atoms with Crippen LogP contribution in [0.3, 0.4) is 0 Å². The van der Waals surface area contributed by atoms with Crippen molar-refractivity contribution in [3.05, 3.63) is 48.0 Å². The summed E-state index contributed by atoms with van der Waals surface area (Å²) >= 11 is 0. The Balaban J connectivity index is 2.31. The molecule has 0 aliphatic rings. The van der Waals surface area contributed by atoms with Gasteiger partial charge in [-0.15, -0.1) is 0 Å². The maximum absolute atomic E-state index is 11.3. The Morgan fingerprint density at radius 1 is 1.15 bits per heavy atom. The molecule has 0 unspecified atom stereocenters. The fourth-order valence-corrected chi connectivity index (χ4v) is 1.75. The summed E-state index contributed by atoms with van der Waals surface area (Å²) in [5.41, 5.74) is 11.5. The fourth-order valence-electron chi connectivity index (χ4n) is 1.75. The standard InChI is InChI=1S/C15H16N2O3/c1-2-19-13-5-3-4-6-14(13)20-10-7-8-12(16)11(9-10)15(17)18/h3-9H,2,16H2,1H3,(H2,17,18). The second-order valence-electron chi connectivity index (χ2n) is 4.10. The van der Waals surface area contributed by atoms with Crippen LogP contribution in [-0.4, -0.2) is 12.5 Å². The zero-order valence-electron chi connectivity index (χ0n) is 11.1. The van der Waals surface area contributed by atoms with Crippen molar-refractivity contribution in [1.82, 2.24) is 0 Å². The number of benzene rings is 2. The van der Waals surface area contributed by atoms with Crippen LogP contribution in [0.5, 0.6) is 17.2 Å². The minimum atomic E-state index is -0.592. The van der Waals surface area contributed by atoms with Crippen molar-refractivity contribution in [2.45, 2.75) is 6.92 Å². The molecule has 4 N–H and O–H groups in total. The number of ether oxygens (including phenoxy) is 2. The SMILES string of the molecule is CCOc1ccccc1Oc1ccc(N)c(C(N)=O)c1. The van der Waals surface area contributed by atoms with Crippen molar-refractivity contribution in [3.63, 3.8) is 0 Å². The Bertz CT molecular complexity index is 626. The van der Waals surface area contributed by atoms with E-state index in [1.54, 1.807) is 18.2 Å². The third-order valence-corrected chi connectivity index (χ3v) is 2.67. The maximum Gasteiger partial charge on any atom is 0.250 e. The van der Waals surface area contributed by atoms with Crippen LogP contribution in [0.25, 0.3) is 0 Å². The highest BCUT2D eigenvalue weighted by Gasteiger charge is 2.10. The van der Waals surface area contributed by atoms with Crippen LogP contribution in [0.2, 0.25) is 0 Å². The average molecular weight is 272 g/mol. The second-order valence-corrected chi connectivity index (χ2v) is 4.10. The molecule has 104 valence electrons. The van der Waals surface area contributed by atoms with Gasteiger partial charge in [-0.3, -0.25) is 4.79 Å². The van der Waals surface area contributed by atoms with Crippen LogP contribution in [0, 0.1) is 0 Å². The molecular weight excluding hydrogens is 256 g/mol. The molecule has 0 bridgehead atoms. The lowest BCUT2D eigenvalue weighted by Gasteiger charge is -2.12. The number of primary amides is 1. The summed E-state index contributed by atoms with van der Waals surface area (Å²) in [6, 6.07) is 12.1. The minimum absolute atomic E-state index is 0.233. The Morgan fingerprint density at radius 2 is 1.85 bits per heavy atom. The van der Waals surface area contributed by atoms with Crippen LogP contribution in [0.1, 0.15) is 17.3 Å². The van der Waals surface area contributed by atoms with E-state index in [0.717, 1.165) is 0 Å². The number of carbonyl (C=O) groups is 1. The van der Waals surface area contributed by atoms with Gasteiger partial charge in [-0.2, -0.15) is 0 Å². The van der Waals surface area contributed by atoms with Crippen LogP contribution >= 0.6 is 0 Å². The van der Waals surface area contributed by atoms with E-state index in [2.05, 4.69) is 0 Å². The number of amides is 1. The highest BCUT2D eigenvalue weighted by Crippen LogP contribution is 2.32. The number of anilines is 1. The third kappa shape index (κ3) is 3.00. The molecule has 0 aromatic heterocycles. The van der Waals surface area contributed by atoms with Crippen LogP contribution < -0.4 is 20.9 Å². The van der Waals surface area contributed by atoms with E-state index in [4.69, 9.17) is 20.9 Å². The van der Waals surface area contributed by atoms with Gasteiger partial charge in [0.2, 0.25) is 0 Å². The number of hydrogen-bond acceptors (Lipinski definition) is 4. The average Bonchev–Trinajstić information content (AvgIpc) is 2.43. The lowest BCUT2D eigenvalue weighted by atomic mass is 10.1. The van der Waals surface area contributed by atoms with Crippen LogP contribution in [-0.2, 0) is 0 Å². The smallest absolute Gasteiger partial charge is 0.250 e. The number of nitrogens with two attached hydrogens (primary N) is 2. The first-order chi connectivity index (χ1) is 9.61. The van der Waals surface area contributed by atoms with E-state index in [9.17, 15) is 4.79 Å². The molecule has 0 saturated heterocycles. The first-order valence-electron chi connectivity index (χ1n) is 6.21. The first-order valence-corrected chi connectivity index (χ1v) is 6.21. The maximum atomic E-state index is 11.3. The summed E-state index contributed by atoms with van der Waals surface area (Å²) < 4.78 is 11.2. The molecule has 5 nitrogen and oxygen atoms in total. The Hall–Kier alpha value is -2.69. The number of nitrogen functional groups attached to an aromatic ring is 1. The monoisotopic (exact) mass is 272 g/mol. The Morgan fingerprint density at radius 3 is 2.50 bits per heavy atom. The van der Waals surface area contributed by atoms with E-state index in [1.807, 2.05) is 25.1 Å². The number of para-hydroxylation sites is 2. The van der Waals surface area contributed by atoms with Crippen LogP contribution in [0.15, 0.2) is 42.5 Å². The van der Waals surface area contributed by atoms with E-state index in [1.165, 1.54) is 6.07 Å². The first kappa shape index (κ1) is 13.7. The largest absolute Gasteiger partial charge is 0.490 e. The van der Waals surface area contributed by atoms with Crippen LogP contribution in [0.4, 0.5) is 5.69 Å². The van der Waals surface area contributed by atoms with Gasteiger partial charge < -0.3 is 20.9 Å². The molecule has 0 fully saturated rings. The van der Waals surface area contributed by atoms with Crippen molar-refractivity contribution >= 4 is 11.6 Å². The quantitative estimate of drug-likeness (QED) is 0.819. The van der Waals surface area contributed by atoms with Crippen molar-refractivity contribution in [3.8, 4) is 17.2 Å². The summed E-state index contributed by atoms with van der Waals surface area (Å²) in [5, 5.41) is 0. The molecule has 0 heterocycles. The number of rotatable bonds is 5. The van der Waals surface area contributed by atoms with Crippen molar-refractivity contribution in [2.24, 2.45) is 5.73 Å². The van der Waals surface area contributed by atoms with Gasteiger partial charge in [0.1, 0.15) is 5.75 Å². The lowest BCUT2D eigenvalue weighted by molar-refractivity contribution is 0.100. The molecule has 1 amide bonds. The molecule has 0 atom stereocenters. The normalized spacial score (nSPS) is 10.1. The zero-order valence-corrected chi connectivity index (χ0v) is 11.1. The summed E-state index contributed by atoms with van der Waals surface area (Å²) in [7, 11) is 0. The predicted molar refractivity (Wildman–Crippen MR) is 77.1 cm³/mol. The summed E-state index contributed by atoms with van der Waals surface area (Å²) in [6.07, 6.45) is 0. The summed E-state index contributed by atoms with van der Waals surface area (Å²) in [5.74, 6) is 1.08. The van der Waals surface area contributed by atoms with Gasteiger partial charge in [-0.05, 0) is 37.3 Å².